The lowest BCUT2D eigenvalue weighted by Crippen LogP contribution is -2.58. The minimum Gasteiger partial charge on any atom is -0.496 e. The summed E-state index contributed by atoms with van der Waals surface area (Å²) in [6.45, 7) is 5.35. The second-order valence-electron chi connectivity index (χ2n) is 8.93. The van der Waals surface area contributed by atoms with Crippen molar-refractivity contribution in [2.24, 2.45) is 0 Å². The van der Waals surface area contributed by atoms with Crippen LogP contribution in [0.1, 0.15) is 0 Å². The van der Waals surface area contributed by atoms with Crippen LogP contribution in [-0.2, 0) is 16.1 Å². The van der Waals surface area contributed by atoms with Gasteiger partial charge in [0, 0.05) is 52.9 Å². The zero-order chi connectivity index (χ0) is 27.1. The lowest BCUT2D eigenvalue weighted by Gasteiger charge is -2.38. The predicted octanol–water partition coefficient (Wildman–Crippen LogP) is 4.79. The highest BCUT2D eigenvalue weighted by Gasteiger charge is 2.27. The Labute approximate surface area is 223 Å². The lowest BCUT2D eigenvalue weighted by molar-refractivity contribution is -0.130. The number of nitrogens with one attached hydrogen (secondary N) is 1. The lowest BCUT2D eigenvalue weighted by atomic mass is 9.99. The first kappa shape index (κ1) is 26.7. The average molecular weight is 512 g/mol. The number of hydrogen-bond acceptors (Lipinski definition) is 5. The molecule has 0 saturated carbocycles. The molecule has 3 aromatic carbocycles. The number of para-hydroxylation sites is 2. The van der Waals surface area contributed by atoms with E-state index in [1.165, 1.54) is 6.08 Å². The Bertz CT molecular complexity index is 1440. The van der Waals surface area contributed by atoms with Gasteiger partial charge >= 0.3 is 0 Å². The Balaban J connectivity index is 0.000000283. The summed E-state index contributed by atoms with van der Waals surface area (Å²) >= 11 is 0. The van der Waals surface area contributed by atoms with E-state index in [0.29, 0.717) is 12.6 Å². The van der Waals surface area contributed by atoms with E-state index in [-0.39, 0.29) is 5.91 Å². The molecule has 4 aromatic rings. The third-order valence-electron chi connectivity index (χ3n) is 6.74. The number of likely N-dealkylation sites (tertiary alicyclic amines) is 1. The van der Waals surface area contributed by atoms with Crippen molar-refractivity contribution in [2.75, 3.05) is 34.4 Å². The van der Waals surface area contributed by atoms with Gasteiger partial charge in [-0.3, -0.25) is 4.79 Å². The molecule has 0 radical (unpaired) electrons. The Morgan fingerprint density at radius 1 is 0.974 bits per heavy atom. The molecule has 38 heavy (non-hydrogen) atoms. The highest BCUT2D eigenvalue weighted by molar-refractivity contribution is 6.00. The van der Waals surface area contributed by atoms with Crippen LogP contribution in [0.2, 0.25) is 0 Å². The van der Waals surface area contributed by atoms with Gasteiger partial charge in [-0.2, -0.15) is 0 Å². The molecular formula is C31H33N3O4. The van der Waals surface area contributed by atoms with E-state index in [4.69, 9.17) is 9.47 Å². The smallest absolute Gasteiger partial charge is 0.246 e. The summed E-state index contributed by atoms with van der Waals surface area (Å²) in [6, 6.07) is 22.6. The van der Waals surface area contributed by atoms with Crippen molar-refractivity contribution in [1.82, 2.24) is 14.8 Å². The summed E-state index contributed by atoms with van der Waals surface area (Å²) < 4.78 is 13.1. The summed E-state index contributed by atoms with van der Waals surface area (Å²) in [7, 11) is 5.25. The topological polar surface area (TPSA) is 72.8 Å². The van der Waals surface area contributed by atoms with Crippen LogP contribution in [0.4, 0.5) is 0 Å². The SMILES string of the molecule is C=CC(=O)N1CC(NC)C1.COc1ccccc1-c1ccc2c(c1)c(-c1ccccc1OC)cn2CC=O. The number of nitrogens with zero attached hydrogens (tertiary/aromatic N) is 2. The van der Waals surface area contributed by atoms with Gasteiger partial charge in [0.2, 0.25) is 5.91 Å². The number of carbonyl (C=O) groups is 2. The summed E-state index contributed by atoms with van der Waals surface area (Å²) in [5.41, 5.74) is 5.13. The highest BCUT2D eigenvalue weighted by atomic mass is 16.5. The second-order valence-corrected chi connectivity index (χ2v) is 8.93. The van der Waals surface area contributed by atoms with Crippen LogP contribution in [0.5, 0.6) is 11.5 Å². The number of methoxy groups -OCH3 is 2. The van der Waals surface area contributed by atoms with Crippen LogP contribution in [0.3, 0.4) is 0 Å². The van der Waals surface area contributed by atoms with Crippen LogP contribution in [-0.4, -0.2) is 62.1 Å². The first-order valence-electron chi connectivity index (χ1n) is 12.5. The monoisotopic (exact) mass is 511 g/mol. The largest absolute Gasteiger partial charge is 0.496 e. The molecule has 0 atom stereocenters. The normalized spacial score (nSPS) is 12.8. The van der Waals surface area contributed by atoms with Gasteiger partial charge in [-0.05, 0) is 43.0 Å². The molecule has 7 heteroatoms. The van der Waals surface area contributed by atoms with Gasteiger partial charge in [-0.15, -0.1) is 0 Å². The fourth-order valence-corrected chi connectivity index (χ4v) is 4.63. The number of amides is 1. The standard InChI is InChI=1S/C24H21NO3.C7H12N2O/c1-27-23-9-5-3-7-18(23)17-11-12-22-20(15-17)21(16-25(22)13-14-26)19-8-4-6-10-24(19)28-2;1-3-7(10)9-4-6(5-9)8-2/h3-12,14-16H,13H2,1-2H3;3,6,8H,1,4-5H2,2H3. The number of aldehydes is 1. The Morgan fingerprint density at radius 3 is 2.21 bits per heavy atom. The van der Waals surface area contributed by atoms with Crippen molar-refractivity contribution in [3.63, 3.8) is 0 Å². The van der Waals surface area contributed by atoms with Gasteiger partial charge in [0.25, 0.3) is 0 Å². The van der Waals surface area contributed by atoms with Gasteiger partial charge in [-0.1, -0.05) is 49.0 Å². The van der Waals surface area contributed by atoms with Crippen LogP contribution in [0, 0.1) is 0 Å². The maximum absolute atomic E-state index is 11.2. The Kier molecular flexibility index (Phi) is 8.61. The number of fused-ring (bicyclic) bond motifs is 1. The molecule has 1 aliphatic rings. The number of likely N-dealkylation sites (N-methyl/N-ethyl adjacent to an activating group) is 1. The van der Waals surface area contributed by atoms with Gasteiger partial charge < -0.3 is 29.1 Å². The number of carbonyl (C=O) groups excluding carboxylic acids is 2. The van der Waals surface area contributed by atoms with Crippen molar-refractivity contribution < 1.29 is 19.1 Å². The van der Waals surface area contributed by atoms with E-state index in [9.17, 15) is 9.59 Å². The number of aromatic nitrogens is 1. The molecule has 2 heterocycles. The van der Waals surface area contributed by atoms with E-state index in [0.717, 1.165) is 64.0 Å². The zero-order valence-corrected chi connectivity index (χ0v) is 22.0. The maximum atomic E-state index is 11.2. The molecule has 1 aromatic heterocycles. The first-order valence-corrected chi connectivity index (χ1v) is 12.5. The van der Waals surface area contributed by atoms with E-state index in [1.54, 1.807) is 19.1 Å². The van der Waals surface area contributed by atoms with E-state index < -0.39 is 0 Å². The van der Waals surface area contributed by atoms with E-state index in [1.807, 2.05) is 66.3 Å². The van der Waals surface area contributed by atoms with Crippen molar-refractivity contribution >= 4 is 23.1 Å². The minimum atomic E-state index is 0.0338. The summed E-state index contributed by atoms with van der Waals surface area (Å²) in [5.74, 6) is 1.66. The van der Waals surface area contributed by atoms with Crippen LogP contribution in [0.15, 0.2) is 85.6 Å². The Hall–Kier alpha value is -4.36. The second kappa shape index (κ2) is 12.3. The van der Waals surface area contributed by atoms with Gasteiger partial charge in [0.15, 0.2) is 0 Å². The molecule has 1 saturated heterocycles. The number of rotatable bonds is 8. The van der Waals surface area contributed by atoms with Crippen molar-refractivity contribution in [3.8, 4) is 33.8 Å². The molecule has 1 amide bonds. The Morgan fingerprint density at radius 2 is 1.61 bits per heavy atom. The van der Waals surface area contributed by atoms with Gasteiger partial charge in [0.05, 0.1) is 20.8 Å². The van der Waals surface area contributed by atoms with Crippen LogP contribution < -0.4 is 14.8 Å². The number of ether oxygens (including phenoxy) is 2. The van der Waals surface area contributed by atoms with Gasteiger partial charge in [0.1, 0.15) is 17.8 Å². The molecule has 196 valence electrons. The third kappa shape index (κ3) is 5.48. The molecule has 0 unspecified atom stereocenters. The predicted molar refractivity (Wildman–Crippen MR) is 152 cm³/mol. The molecule has 1 N–H and O–H groups in total. The van der Waals surface area contributed by atoms with Crippen LogP contribution >= 0.6 is 0 Å². The van der Waals surface area contributed by atoms with Crippen molar-refractivity contribution in [2.45, 2.75) is 12.6 Å². The van der Waals surface area contributed by atoms with E-state index in [2.05, 4.69) is 30.1 Å². The van der Waals surface area contributed by atoms with E-state index >= 15 is 0 Å². The molecule has 0 bridgehead atoms. The summed E-state index contributed by atoms with van der Waals surface area (Å²) in [4.78, 5) is 23.8. The quantitative estimate of drug-likeness (QED) is 0.272. The van der Waals surface area contributed by atoms with Crippen molar-refractivity contribution in [3.05, 3.63) is 85.6 Å². The summed E-state index contributed by atoms with van der Waals surface area (Å²) in [5, 5.41) is 4.15. The molecule has 0 aliphatic carbocycles. The fourth-order valence-electron chi connectivity index (χ4n) is 4.63. The maximum Gasteiger partial charge on any atom is 0.246 e. The third-order valence-corrected chi connectivity index (χ3v) is 6.74. The molecular weight excluding hydrogens is 478 g/mol. The van der Waals surface area contributed by atoms with Crippen molar-refractivity contribution in [1.29, 1.82) is 0 Å². The summed E-state index contributed by atoms with van der Waals surface area (Å²) in [6.07, 6.45) is 4.29. The zero-order valence-electron chi connectivity index (χ0n) is 22.0. The molecule has 1 aliphatic heterocycles. The number of hydrogen-bond donors (Lipinski definition) is 1. The average Bonchev–Trinajstić information content (AvgIpc) is 3.30. The number of benzene rings is 3. The fraction of sp³-hybridized carbons (Fsp3) is 0.226. The molecule has 5 rings (SSSR count). The minimum absolute atomic E-state index is 0.0338. The molecule has 7 nitrogen and oxygen atoms in total. The first-order chi connectivity index (χ1) is 18.5. The van der Waals surface area contributed by atoms with Crippen LogP contribution in [0.25, 0.3) is 33.2 Å². The highest BCUT2D eigenvalue weighted by Crippen LogP contribution is 2.39. The van der Waals surface area contributed by atoms with Gasteiger partial charge in [-0.25, -0.2) is 0 Å². The molecule has 0 spiro atoms. The molecule has 1 fully saturated rings.